The van der Waals surface area contributed by atoms with E-state index in [2.05, 4.69) is 59.4 Å². The lowest BCUT2D eigenvalue weighted by atomic mass is 9.92. The Kier molecular flexibility index (Phi) is 8.63. The van der Waals surface area contributed by atoms with E-state index < -0.39 is 134 Å². The van der Waals surface area contributed by atoms with Gasteiger partial charge >= 0.3 is 17.7 Å². The van der Waals surface area contributed by atoms with Gasteiger partial charge in [-0.2, -0.15) is 0 Å². The van der Waals surface area contributed by atoms with Crippen LogP contribution in [0.15, 0.2) is 37.1 Å². The van der Waals surface area contributed by atoms with E-state index in [4.69, 9.17) is 55.4 Å². The average Bonchev–Trinajstić information content (AvgIpc) is 1.65. The maximum Gasteiger partial charge on any atom is 0.302 e. The van der Waals surface area contributed by atoms with E-state index in [1.807, 2.05) is 0 Å². The van der Waals surface area contributed by atoms with E-state index in [9.17, 15) is 15.8 Å². The number of rotatable bonds is 9. The first-order valence-electron chi connectivity index (χ1n) is 35.5. The summed E-state index contributed by atoms with van der Waals surface area (Å²) in [5, 5.41) is 0.117. The average molecular weight is 1010 g/mol. The molecule has 3 saturated heterocycles. The van der Waals surface area contributed by atoms with Gasteiger partial charge in [-0.1, -0.05) is 20.6 Å². The summed E-state index contributed by atoms with van der Waals surface area (Å²) in [6.07, 6.45) is 2.57. The highest BCUT2D eigenvalue weighted by Crippen LogP contribution is 2.32. The van der Waals surface area contributed by atoms with Crippen LogP contribution < -0.4 is 14.7 Å². The van der Waals surface area contributed by atoms with Crippen LogP contribution in [0.2, 0.25) is 0 Å². The van der Waals surface area contributed by atoms with Crippen molar-refractivity contribution >= 4 is 68.3 Å². The van der Waals surface area contributed by atoms with Crippen molar-refractivity contribution in [2.24, 2.45) is 17.7 Å². The number of carbonyl (C=O) groups excluding carboxylic acids is 3. The SMILES string of the molecule is [2H]c1c(C)[nH]c2ncnc(N(C([2H])([2H])[2H])[C@@]3([2H])CN(C(=O)C([2H])([2H])[N+]#[C-])CC[C@H]3C([2H])([2H])[2H])c12.[2H]c1c(C)[nH]c2ncnc(N(C([2H])([2H])[2H])[C@@]3([2H])CN(C(=O)C([2H])([2H])[N+]#[C-])CC[C@H]3C)c12.[2H]c1c(C)[nH]c2ncnc(N([C@H]3CN(C(=O)C([2H])([2H])[N+]#[C-])CC[C@@]3([2H])C([2H])([2H])[2H])C([2H])([2H])[2H])c12. The van der Waals surface area contributed by atoms with Gasteiger partial charge in [-0.3, -0.25) is 14.4 Å². The molecule has 0 unspecified atom stereocenters. The minimum absolute atomic E-state index is 0.00366. The zero-order valence-electron chi connectivity index (χ0n) is 66.3. The van der Waals surface area contributed by atoms with Crippen molar-refractivity contribution in [2.75, 3.05) is 94.4 Å². The number of likely N-dealkylation sites (N-methyl/N-ethyl adjacent to an activating group) is 3. The Morgan fingerprint density at radius 2 is 1.01 bits per heavy atom. The molecule has 6 atom stereocenters. The second kappa shape index (κ2) is 22.9. The topological polar surface area (TPSA) is 208 Å². The smallest absolute Gasteiger partial charge is 0.302 e. The lowest BCUT2D eigenvalue weighted by molar-refractivity contribution is -0.131. The molecule has 0 bridgehead atoms. The molecule has 0 radical (unpaired) electrons. The molecule has 0 aliphatic carbocycles. The predicted octanol–water partition coefficient (Wildman–Crippen LogP) is 5.58. The first-order chi connectivity index (χ1) is 45.1. The molecule has 3 aliphatic rings. The minimum Gasteiger partial charge on any atom is -0.354 e. The summed E-state index contributed by atoms with van der Waals surface area (Å²) in [6, 6.07) is -6.42. The number of aryl methyl sites for hydroxylation is 3. The second-order valence-electron chi connectivity index (χ2n) is 16.6. The fraction of sp³-hybridized carbons (Fsp3) is 0.529. The number of hydrogen-bond donors (Lipinski definition) is 3. The standard InChI is InChI=1S/3C17H22N6O/c3*1-11-5-6-23(15(24)8-18-3)9-14(11)22(4)17-13-7-12(2)21-16(13)19-10-20-17/h3*7,10-11,14H,5-6,8-9H2,1-2,4H3,(H,19,20,21)/t3*11-,14+/m111/s1/i1D3,4D3,7D,8D2,14D;1D3,4D3,7D,8D2,11D;4D3,7D,8D2,14D. The first-order valence-corrected chi connectivity index (χ1v) is 22.0. The molecule has 0 spiro atoms. The molecule has 6 aromatic heterocycles. The summed E-state index contributed by atoms with van der Waals surface area (Å²) in [6.45, 7) is 1.25. The number of H-pyrrole nitrogens is 3. The molecule has 3 N–H and O–H groups in total. The highest BCUT2D eigenvalue weighted by Gasteiger charge is 2.36. The van der Waals surface area contributed by atoms with Crippen LogP contribution in [-0.4, -0.2) is 175 Å². The van der Waals surface area contributed by atoms with Crippen molar-refractivity contribution in [1.82, 2.24) is 59.6 Å². The van der Waals surface area contributed by atoms with E-state index in [1.54, 1.807) is 27.7 Å². The highest BCUT2D eigenvalue weighted by atomic mass is 16.2. The molecule has 378 valence electrons. The quantitative estimate of drug-likeness (QED) is 0.152. The van der Waals surface area contributed by atoms with Crippen LogP contribution in [0.1, 0.15) is 94.0 Å². The van der Waals surface area contributed by atoms with Gasteiger partial charge in [-0.05, 0) is 75.9 Å². The predicted molar refractivity (Wildman–Crippen MR) is 278 cm³/mol. The Labute approximate surface area is 458 Å². The number of amides is 3. The second-order valence-corrected chi connectivity index (χ2v) is 16.6. The Balaban J connectivity index is 0.000000209. The van der Waals surface area contributed by atoms with Gasteiger partial charge in [0.15, 0.2) is 0 Å². The monoisotopic (exact) mass is 1010 g/mol. The normalized spacial score (nSPS) is 30.9. The largest absolute Gasteiger partial charge is 0.354 e. The fourth-order valence-electron chi connectivity index (χ4n) is 8.15. The van der Waals surface area contributed by atoms with Crippen molar-refractivity contribution in [3.63, 3.8) is 0 Å². The Morgan fingerprint density at radius 1 is 0.625 bits per heavy atom. The van der Waals surface area contributed by atoms with E-state index in [0.717, 1.165) is 38.6 Å². The third-order valence-electron chi connectivity index (χ3n) is 11.8. The molecule has 9 rings (SSSR count). The maximum absolute atomic E-state index is 12.7. The number of nitrogens with zero attached hydrogens (tertiary/aromatic N) is 15. The van der Waals surface area contributed by atoms with Gasteiger partial charge in [0.25, 0.3) is 19.5 Å². The van der Waals surface area contributed by atoms with Gasteiger partial charge in [0, 0.05) is 99.2 Å². The van der Waals surface area contributed by atoms with Crippen molar-refractivity contribution in [1.29, 1.82) is 0 Å². The summed E-state index contributed by atoms with van der Waals surface area (Å²) in [5.41, 5.74) is 1.68. The number of piperidine rings is 3. The van der Waals surface area contributed by atoms with Crippen molar-refractivity contribution in [2.45, 2.75) is 78.7 Å². The number of aromatic amines is 3. The molecule has 72 heavy (non-hydrogen) atoms. The van der Waals surface area contributed by atoms with Gasteiger partial charge in [-0.15, -0.1) is 0 Å². The van der Waals surface area contributed by atoms with Gasteiger partial charge in [0.05, 0.1) is 41.1 Å². The Bertz CT molecular complexity index is 4200. The van der Waals surface area contributed by atoms with Crippen molar-refractivity contribution < 1.29 is 51.4 Å². The lowest BCUT2D eigenvalue weighted by Crippen LogP contribution is -2.53. The number of hydrogen-bond acceptors (Lipinski definition) is 12. The van der Waals surface area contributed by atoms with E-state index in [1.165, 1.54) is 0 Å². The first kappa shape index (κ1) is 27.1. The molecule has 3 fully saturated rings. The molecule has 21 heteroatoms. The van der Waals surface area contributed by atoms with Gasteiger partial charge in [0.1, 0.15) is 61.6 Å². The number of aromatic nitrogens is 9. The van der Waals surface area contributed by atoms with Gasteiger partial charge < -0.3 is 58.9 Å². The van der Waals surface area contributed by atoms with Crippen LogP contribution in [0.5, 0.6) is 0 Å². The van der Waals surface area contributed by atoms with Crippen molar-refractivity contribution in [3.05, 3.63) is 88.4 Å². The van der Waals surface area contributed by atoms with Crippen LogP contribution in [0.4, 0.5) is 17.5 Å². The molecule has 9 heterocycles. The molecule has 0 aromatic carbocycles. The summed E-state index contributed by atoms with van der Waals surface area (Å²) >= 11 is 0. The number of nitrogens with one attached hydrogen (secondary N) is 3. The van der Waals surface area contributed by atoms with Crippen molar-refractivity contribution in [3.8, 4) is 0 Å². The molecule has 3 aliphatic heterocycles. The zero-order valence-corrected chi connectivity index (χ0v) is 39.3. The molecule has 3 amide bonds. The van der Waals surface area contributed by atoms with E-state index in [-0.39, 0.29) is 101 Å². The molecule has 21 nitrogen and oxygen atoms in total. The fourth-order valence-corrected chi connectivity index (χ4v) is 8.15. The maximum atomic E-state index is 12.7. The summed E-state index contributed by atoms with van der Waals surface area (Å²) in [4.78, 5) is 83.3. The van der Waals surface area contributed by atoms with E-state index in [0.29, 0.717) is 26.9 Å². The molecular formula is C51H66N18O3. The molecular weight excluding hydrogens is 913 g/mol. The number of fused-ring (bicyclic) bond motifs is 3. The van der Waals surface area contributed by atoms with Crippen LogP contribution in [-0.2, 0) is 14.4 Å². The van der Waals surface area contributed by atoms with Crippen LogP contribution in [0.25, 0.3) is 47.6 Å². The minimum atomic E-state index is -3.14. The Morgan fingerprint density at radius 3 is 1.42 bits per heavy atom. The van der Waals surface area contributed by atoms with Gasteiger partial charge in [0.2, 0.25) is 0 Å². The van der Waals surface area contributed by atoms with Gasteiger partial charge in [-0.25, -0.2) is 49.6 Å². The third-order valence-corrected chi connectivity index (χ3v) is 11.8. The number of likely N-dealkylation sites (tertiary alicyclic amines) is 3. The highest BCUT2D eigenvalue weighted by molar-refractivity contribution is 5.90. The van der Waals surface area contributed by atoms with E-state index >= 15 is 0 Å². The summed E-state index contributed by atoms with van der Waals surface area (Å²) in [5.74, 6) is -9.01. The third kappa shape index (κ3) is 11.5. The summed E-state index contributed by atoms with van der Waals surface area (Å²) in [7, 11) is 0. The summed E-state index contributed by atoms with van der Waals surface area (Å²) < 4.78 is 219. The lowest BCUT2D eigenvalue weighted by Gasteiger charge is -2.41. The molecule has 0 saturated carbocycles. The Hall–Kier alpha value is -7.86. The zero-order chi connectivity index (χ0) is 75.1. The number of carbonyl (C=O) groups is 3. The van der Waals surface area contributed by atoms with Crippen LogP contribution in [0.3, 0.4) is 0 Å². The van der Waals surface area contributed by atoms with Crippen LogP contribution >= 0.6 is 0 Å². The molecule has 6 aromatic rings. The van der Waals surface area contributed by atoms with Crippen LogP contribution in [0, 0.1) is 58.2 Å². The number of anilines is 3.